The molecule has 3 rings (SSSR count). The quantitative estimate of drug-likeness (QED) is 0.749. The fourth-order valence-corrected chi connectivity index (χ4v) is 2.40. The summed E-state index contributed by atoms with van der Waals surface area (Å²) >= 11 is 0. The van der Waals surface area contributed by atoms with E-state index >= 15 is 0 Å². The van der Waals surface area contributed by atoms with E-state index < -0.39 is 0 Å². The monoisotopic (exact) mass is 290 g/mol. The molecule has 1 aromatic rings. The Kier molecular flexibility index (Phi) is 4.60. The highest BCUT2D eigenvalue weighted by Gasteiger charge is 2.22. The van der Waals surface area contributed by atoms with Crippen molar-refractivity contribution in [2.75, 3.05) is 19.8 Å². The highest BCUT2D eigenvalue weighted by Crippen LogP contribution is 2.33. The van der Waals surface area contributed by atoms with E-state index in [2.05, 4.69) is 10.6 Å². The molecule has 0 radical (unpaired) electrons. The first kappa shape index (κ1) is 14.2. The van der Waals surface area contributed by atoms with Gasteiger partial charge in [-0.1, -0.05) is 12.1 Å². The fourth-order valence-electron chi connectivity index (χ4n) is 2.40. The van der Waals surface area contributed by atoms with Gasteiger partial charge >= 0.3 is 0 Å². The predicted molar refractivity (Wildman–Crippen MR) is 79.5 cm³/mol. The summed E-state index contributed by atoms with van der Waals surface area (Å²) in [6.45, 7) is 2.77. The fraction of sp³-hybridized carbons (Fsp3) is 0.562. The molecule has 0 atom stereocenters. The molecular formula is C16H22N2O3. The first-order chi connectivity index (χ1) is 10.3. The van der Waals surface area contributed by atoms with Gasteiger partial charge in [-0.15, -0.1) is 0 Å². The van der Waals surface area contributed by atoms with Gasteiger partial charge in [-0.3, -0.25) is 4.79 Å². The smallest absolute Gasteiger partial charge is 0.220 e. The van der Waals surface area contributed by atoms with Crippen LogP contribution in [0, 0.1) is 0 Å². The second-order valence-electron chi connectivity index (χ2n) is 5.56. The van der Waals surface area contributed by atoms with E-state index in [4.69, 9.17) is 9.47 Å². The van der Waals surface area contributed by atoms with E-state index in [0.717, 1.165) is 49.4 Å². The maximum atomic E-state index is 11.5. The minimum Gasteiger partial charge on any atom is -0.486 e. The predicted octanol–water partition coefficient (Wildman–Crippen LogP) is 1.61. The lowest BCUT2D eigenvalue weighted by Crippen LogP contribution is -2.26. The molecule has 5 heteroatoms. The molecule has 1 fully saturated rings. The van der Waals surface area contributed by atoms with Crippen LogP contribution < -0.4 is 20.1 Å². The van der Waals surface area contributed by atoms with Crippen molar-refractivity contribution >= 4 is 5.91 Å². The molecule has 0 aromatic heterocycles. The van der Waals surface area contributed by atoms with Crippen molar-refractivity contribution in [1.29, 1.82) is 0 Å². The normalized spacial score (nSPS) is 16.6. The Hall–Kier alpha value is -1.75. The average Bonchev–Trinajstić information content (AvgIpc) is 3.31. The van der Waals surface area contributed by atoms with Crippen molar-refractivity contribution in [2.24, 2.45) is 0 Å². The Bertz CT molecular complexity index is 500. The third kappa shape index (κ3) is 4.11. The number of fused-ring (bicyclic) bond motifs is 1. The van der Waals surface area contributed by atoms with Crippen LogP contribution in [0.25, 0.3) is 0 Å². The number of carbonyl (C=O) groups is 1. The molecule has 1 aliphatic heterocycles. The maximum absolute atomic E-state index is 11.5. The number of amides is 1. The van der Waals surface area contributed by atoms with E-state index in [-0.39, 0.29) is 5.91 Å². The van der Waals surface area contributed by atoms with Gasteiger partial charge in [-0.05, 0) is 31.9 Å². The van der Waals surface area contributed by atoms with Gasteiger partial charge in [0.05, 0.1) is 0 Å². The summed E-state index contributed by atoms with van der Waals surface area (Å²) in [6, 6.07) is 6.41. The Labute approximate surface area is 125 Å². The number of benzene rings is 1. The van der Waals surface area contributed by atoms with Crippen molar-refractivity contribution in [3.05, 3.63) is 23.8 Å². The lowest BCUT2D eigenvalue weighted by Gasteiger charge is -2.21. The van der Waals surface area contributed by atoms with Gasteiger partial charge in [0.25, 0.3) is 0 Å². The van der Waals surface area contributed by atoms with Crippen molar-refractivity contribution in [3.63, 3.8) is 0 Å². The van der Waals surface area contributed by atoms with Crippen LogP contribution in [0.4, 0.5) is 0 Å². The lowest BCUT2D eigenvalue weighted by atomic mass is 10.1. The van der Waals surface area contributed by atoms with Gasteiger partial charge < -0.3 is 20.1 Å². The number of hydrogen-bond donors (Lipinski definition) is 2. The molecular weight excluding hydrogens is 268 g/mol. The molecule has 2 aliphatic rings. The summed E-state index contributed by atoms with van der Waals surface area (Å²) in [5.74, 6) is 1.85. The first-order valence-electron chi connectivity index (χ1n) is 7.70. The van der Waals surface area contributed by atoms with Crippen LogP contribution in [0.3, 0.4) is 0 Å². The van der Waals surface area contributed by atoms with Crippen LogP contribution in [-0.4, -0.2) is 31.7 Å². The van der Waals surface area contributed by atoms with Gasteiger partial charge in [0.2, 0.25) is 5.91 Å². The summed E-state index contributed by atoms with van der Waals surface area (Å²) < 4.78 is 11.2. The van der Waals surface area contributed by atoms with Gasteiger partial charge in [0, 0.05) is 24.6 Å². The minimum absolute atomic E-state index is 0.174. The average molecular weight is 290 g/mol. The molecule has 21 heavy (non-hydrogen) atoms. The number of ether oxygens (including phenoxy) is 2. The third-order valence-corrected chi connectivity index (χ3v) is 3.66. The van der Waals surface area contributed by atoms with E-state index in [9.17, 15) is 4.79 Å². The Balaban J connectivity index is 1.38. The topological polar surface area (TPSA) is 59.6 Å². The second kappa shape index (κ2) is 6.80. The molecule has 114 valence electrons. The summed E-state index contributed by atoms with van der Waals surface area (Å²) in [7, 11) is 0. The molecule has 1 saturated carbocycles. The van der Waals surface area contributed by atoms with E-state index in [1.165, 1.54) is 0 Å². The summed E-state index contributed by atoms with van der Waals surface area (Å²) in [5, 5.41) is 6.36. The molecule has 1 aromatic carbocycles. The molecule has 5 nitrogen and oxygen atoms in total. The molecule has 1 aliphatic carbocycles. The largest absolute Gasteiger partial charge is 0.486 e. The van der Waals surface area contributed by atoms with Crippen LogP contribution in [0.1, 0.15) is 31.2 Å². The highest BCUT2D eigenvalue weighted by atomic mass is 16.6. The second-order valence-corrected chi connectivity index (χ2v) is 5.56. The van der Waals surface area contributed by atoms with Crippen LogP contribution in [-0.2, 0) is 11.3 Å². The first-order valence-corrected chi connectivity index (χ1v) is 7.70. The summed E-state index contributed by atoms with van der Waals surface area (Å²) in [4.78, 5) is 11.5. The number of carbonyl (C=O) groups excluding carboxylic acids is 1. The number of rotatable bonds is 7. The molecule has 2 N–H and O–H groups in total. The van der Waals surface area contributed by atoms with Crippen LogP contribution in [0.15, 0.2) is 18.2 Å². The molecule has 0 bridgehead atoms. The zero-order chi connectivity index (χ0) is 14.5. The van der Waals surface area contributed by atoms with Gasteiger partial charge in [-0.2, -0.15) is 0 Å². The zero-order valence-electron chi connectivity index (χ0n) is 12.2. The lowest BCUT2D eigenvalue weighted by molar-refractivity contribution is -0.121. The number of nitrogens with one attached hydrogen (secondary N) is 2. The van der Waals surface area contributed by atoms with Crippen LogP contribution in [0.2, 0.25) is 0 Å². The Morgan fingerprint density at radius 3 is 2.95 bits per heavy atom. The van der Waals surface area contributed by atoms with Gasteiger partial charge in [-0.25, -0.2) is 0 Å². The summed E-state index contributed by atoms with van der Waals surface area (Å²) in [6.07, 6.45) is 3.73. The summed E-state index contributed by atoms with van der Waals surface area (Å²) in [5.41, 5.74) is 1.11. The van der Waals surface area contributed by atoms with Gasteiger partial charge in [0.15, 0.2) is 11.5 Å². The third-order valence-electron chi connectivity index (χ3n) is 3.66. The van der Waals surface area contributed by atoms with E-state index in [1.807, 2.05) is 18.2 Å². The molecule has 1 heterocycles. The zero-order valence-corrected chi connectivity index (χ0v) is 12.2. The van der Waals surface area contributed by atoms with Crippen molar-refractivity contribution in [3.8, 4) is 11.5 Å². The number of hydrogen-bond acceptors (Lipinski definition) is 4. The van der Waals surface area contributed by atoms with E-state index in [1.54, 1.807) is 0 Å². The van der Waals surface area contributed by atoms with Crippen LogP contribution in [0.5, 0.6) is 11.5 Å². The SMILES string of the molecule is O=C(CCCNCc1cccc2c1OCCO2)NC1CC1. The Morgan fingerprint density at radius 1 is 1.24 bits per heavy atom. The van der Waals surface area contributed by atoms with Crippen molar-refractivity contribution in [2.45, 2.75) is 38.3 Å². The van der Waals surface area contributed by atoms with E-state index in [0.29, 0.717) is 25.7 Å². The molecule has 1 amide bonds. The minimum atomic E-state index is 0.174. The molecule has 0 unspecified atom stereocenters. The number of para-hydroxylation sites is 1. The van der Waals surface area contributed by atoms with Gasteiger partial charge in [0.1, 0.15) is 13.2 Å². The molecule has 0 spiro atoms. The van der Waals surface area contributed by atoms with Crippen molar-refractivity contribution < 1.29 is 14.3 Å². The highest BCUT2D eigenvalue weighted by molar-refractivity contribution is 5.76. The standard InChI is InChI=1S/C16H22N2O3/c19-15(18-13-6-7-13)5-2-8-17-11-12-3-1-4-14-16(12)21-10-9-20-14/h1,3-4,13,17H,2,5-11H2,(H,18,19). The van der Waals surface area contributed by atoms with Crippen molar-refractivity contribution in [1.82, 2.24) is 10.6 Å². The maximum Gasteiger partial charge on any atom is 0.220 e. The van der Waals surface area contributed by atoms with Crippen LogP contribution >= 0.6 is 0 Å². The molecule has 0 saturated heterocycles. The Morgan fingerprint density at radius 2 is 2.10 bits per heavy atom.